The molecule has 132 valence electrons. The van der Waals surface area contributed by atoms with Gasteiger partial charge in [-0.05, 0) is 31.5 Å². The number of hydrogen-bond donors (Lipinski definition) is 1. The minimum Gasteiger partial charge on any atom is -0.485 e. The molecule has 0 radical (unpaired) electrons. The second-order valence-corrected chi connectivity index (χ2v) is 6.25. The minimum atomic E-state index is 0. The van der Waals surface area contributed by atoms with Gasteiger partial charge >= 0.3 is 0 Å². The van der Waals surface area contributed by atoms with Crippen LogP contribution in [0.15, 0.2) is 28.8 Å². The Hall–Kier alpha value is -1.63. The third kappa shape index (κ3) is 4.93. The van der Waals surface area contributed by atoms with Crippen LogP contribution in [0.25, 0.3) is 0 Å². The summed E-state index contributed by atoms with van der Waals surface area (Å²) in [5.41, 5.74) is 1.30. The molecule has 1 N–H and O–H groups in total. The summed E-state index contributed by atoms with van der Waals surface area (Å²) < 4.78 is 10.6. The molecule has 1 saturated heterocycles. The lowest BCUT2D eigenvalue weighted by Gasteiger charge is -2.37. The molecule has 0 amide bonds. The van der Waals surface area contributed by atoms with Crippen molar-refractivity contribution in [2.45, 2.75) is 46.0 Å². The smallest absolute Gasteiger partial charge is 0.223 e. The average Bonchev–Trinajstić information content (AvgIpc) is 2.96. The molecule has 0 spiro atoms. The molecule has 3 rings (SSSR count). The molecular formula is C17H25ClN4O2. The van der Waals surface area contributed by atoms with E-state index in [1.807, 2.05) is 12.1 Å². The van der Waals surface area contributed by atoms with Crippen LogP contribution in [0.3, 0.4) is 0 Å². The highest BCUT2D eigenvalue weighted by atomic mass is 35.5. The van der Waals surface area contributed by atoms with Gasteiger partial charge in [0.25, 0.3) is 0 Å². The molecule has 0 bridgehead atoms. The Bertz CT molecular complexity index is 632. The van der Waals surface area contributed by atoms with Crippen molar-refractivity contribution >= 4 is 12.4 Å². The molecule has 2 heterocycles. The second-order valence-electron chi connectivity index (χ2n) is 6.25. The average molecular weight is 353 g/mol. The van der Waals surface area contributed by atoms with Crippen molar-refractivity contribution < 1.29 is 9.26 Å². The number of rotatable bonds is 5. The number of aryl methyl sites for hydroxylation is 1. The van der Waals surface area contributed by atoms with Gasteiger partial charge in [0.2, 0.25) is 11.7 Å². The highest BCUT2D eigenvalue weighted by molar-refractivity contribution is 5.85. The number of ether oxygens (including phenoxy) is 1. The van der Waals surface area contributed by atoms with E-state index in [0.717, 1.165) is 25.4 Å². The molecule has 2 aromatic rings. The molecule has 1 aliphatic heterocycles. The summed E-state index contributed by atoms with van der Waals surface area (Å²) in [4.78, 5) is 6.63. The quantitative estimate of drug-likeness (QED) is 0.892. The number of piperazine rings is 1. The minimum absolute atomic E-state index is 0. The zero-order chi connectivity index (χ0) is 16.2. The van der Waals surface area contributed by atoms with Crippen LogP contribution in [0.1, 0.15) is 31.1 Å². The Morgan fingerprint density at radius 2 is 2.04 bits per heavy atom. The van der Waals surface area contributed by atoms with E-state index in [1.165, 1.54) is 5.56 Å². The summed E-state index contributed by atoms with van der Waals surface area (Å²) in [6.07, 6.45) is 0. The van der Waals surface area contributed by atoms with Gasteiger partial charge in [-0.15, -0.1) is 12.4 Å². The fourth-order valence-corrected chi connectivity index (χ4v) is 2.79. The van der Waals surface area contributed by atoms with Gasteiger partial charge in [0.05, 0.1) is 0 Å². The van der Waals surface area contributed by atoms with Crippen LogP contribution in [-0.4, -0.2) is 40.2 Å². The highest BCUT2D eigenvalue weighted by Gasteiger charge is 2.22. The van der Waals surface area contributed by atoms with E-state index < -0.39 is 0 Å². The van der Waals surface area contributed by atoms with Gasteiger partial charge in [0, 0.05) is 38.6 Å². The van der Waals surface area contributed by atoms with Gasteiger partial charge in [-0.25, -0.2) is 0 Å². The molecule has 1 aromatic carbocycles. The molecule has 24 heavy (non-hydrogen) atoms. The zero-order valence-electron chi connectivity index (χ0n) is 14.4. The summed E-state index contributed by atoms with van der Waals surface area (Å²) in [7, 11) is 0. The largest absolute Gasteiger partial charge is 0.485 e. The maximum atomic E-state index is 5.68. The van der Waals surface area contributed by atoms with Gasteiger partial charge in [-0.3, -0.25) is 4.90 Å². The summed E-state index contributed by atoms with van der Waals surface area (Å²) >= 11 is 0. The first kappa shape index (κ1) is 18.7. The van der Waals surface area contributed by atoms with E-state index in [2.05, 4.69) is 46.3 Å². The van der Waals surface area contributed by atoms with Gasteiger partial charge in [0.15, 0.2) is 6.61 Å². The lowest BCUT2D eigenvalue weighted by atomic mass is 10.1. The molecule has 6 nitrogen and oxygen atoms in total. The molecule has 2 unspecified atom stereocenters. The third-order valence-electron chi connectivity index (χ3n) is 4.14. The van der Waals surface area contributed by atoms with Gasteiger partial charge in [-0.2, -0.15) is 4.98 Å². The maximum absolute atomic E-state index is 5.68. The van der Waals surface area contributed by atoms with Crippen LogP contribution in [0, 0.1) is 6.92 Å². The van der Waals surface area contributed by atoms with Crippen molar-refractivity contribution in [2.75, 3.05) is 13.1 Å². The van der Waals surface area contributed by atoms with Gasteiger partial charge < -0.3 is 14.6 Å². The number of hydrogen-bond acceptors (Lipinski definition) is 6. The molecule has 1 aliphatic rings. The summed E-state index contributed by atoms with van der Waals surface area (Å²) in [6.45, 7) is 9.69. The monoisotopic (exact) mass is 352 g/mol. The number of halogens is 1. The lowest BCUT2D eigenvalue weighted by Crippen LogP contribution is -2.53. The van der Waals surface area contributed by atoms with E-state index in [1.54, 1.807) is 6.92 Å². The van der Waals surface area contributed by atoms with Crippen LogP contribution in [0.4, 0.5) is 0 Å². The Morgan fingerprint density at radius 3 is 2.71 bits per heavy atom. The molecular weight excluding hydrogens is 328 g/mol. The predicted molar refractivity (Wildman–Crippen MR) is 94.4 cm³/mol. The van der Waals surface area contributed by atoms with Crippen LogP contribution >= 0.6 is 12.4 Å². The molecule has 0 saturated carbocycles. The summed E-state index contributed by atoms with van der Waals surface area (Å²) in [6, 6.07) is 9.35. The number of nitrogens with zero attached hydrogens (tertiary/aromatic N) is 3. The second kappa shape index (κ2) is 8.46. The first-order chi connectivity index (χ1) is 11.1. The first-order valence-electron chi connectivity index (χ1n) is 8.08. The van der Waals surface area contributed by atoms with Crippen molar-refractivity contribution in [3.63, 3.8) is 0 Å². The van der Waals surface area contributed by atoms with E-state index in [9.17, 15) is 0 Å². The maximum Gasteiger partial charge on any atom is 0.223 e. The van der Waals surface area contributed by atoms with Crippen molar-refractivity contribution in [2.24, 2.45) is 0 Å². The van der Waals surface area contributed by atoms with Crippen LogP contribution in [-0.2, 0) is 13.2 Å². The first-order valence-corrected chi connectivity index (χ1v) is 8.08. The summed E-state index contributed by atoms with van der Waals surface area (Å²) in [5.74, 6) is 1.94. The normalized spacial score (nSPS) is 21.3. The number of benzene rings is 1. The van der Waals surface area contributed by atoms with E-state index >= 15 is 0 Å². The number of nitrogens with one attached hydrogen (secondary N) is 1. The highest BCUT2D eigenvalue weighted by Crippen LogP contribution is 2.17. The van der Waals surface area contributed by atoms with Crippen molar-refractivity contribution in [1.29, 1.82) is 0 Å². The Balaban J connectivity index is 0.00000208. The summed E-state index contributed by atoms with van der Waals surface area (Å²) in [5, 5.41) is 7.33. The Kier molecular flexibility index (Phi) is 6.60. The van der Waals surface area contributed by atoms with Crippen molar-refractivity contribution in [3.05, 3.63) is 41.5 Å². The van der Waals surface area contributed by atoms with E-state index in [-0.39, 0.29) is 12.4 Å². The van der Waals surface area contributed by atoms with Crippen LogP contribution < -0.4 is 10.1 Å². The molecule has 1 aromatic heterocycles. The molecule has 2 atom stereocenters. The Morgan fingerprint density at radius 1 is 1.29 bits per heavy atom. The molecule has 1 fully saturated rings. The predicted octanol–water partition coefficient (Wildman–Crippen LogP) is 2.56. The van der Waals surface area contributed by atoms with E-state index in [4.69, 9.17) is 9.26 Å². The topological polar surface area (TPSA) is 63.4 Å². The Labute approximate surface area is 149 Å². The van der Waals surface area contributed by atoms with Crippen LogP contribution in [0.2, 0.25) is 0 Å². The molecule has 7 heteroatoms. The fraction of sp³-hybridized carbons (Fsp3) is 0.529. The van der Waals surface area contributed by atoms with Gasteiger partial charge in [0.1, 0.15) is 5.75 Å². The van der Waals surface area contributed by atoms with Gasteiger partial charge in [-0.1, -0.05) is 17.3 Å². The van der Waals surface area contributed by atoms with E-state index in [0.29, 0.717) is 30.4 Å². The SMILES string of the molecule is Cc1nc(COc2ccc(CN3CC(C)NCC3C)cc2)no1.Cl. The zero-order valence-corrected chi connectivity index (χ0v) is 15.2. The van der Waals surface area contributed by atoms with Crippen molar-refractivity contribution in [3.8, 4) is 5.75 Å². The lowest BCUT2D eigenvalue weighted by molar-refractivity contribution is 0.139. The van der Waals surface area contributed by atoms with Crippen LogP contribution in [0.5, 0.6) is 5.75 Å². The fourth-order valence-electron chi connectivity index (χ4n) is 2.79. The molecule has 0 aliphatic carbocycles. The number of aromatic nitrogens is 2. The van der Waals surface area contributed by atoms with Crippen molar-refractivity contribution in [1.82, 2.24) is 20.4 Å². The third-order valence-corrected chi connectivity index (χ3v) is 4.14. The standard InChI is InChI=1S/C17H24N4O2.ClH/c1-12-9-21(13(2)8-18-12)10-15-4-6-16(7-5-15)22-11-17-19-14(3)23-20-17;/h4-7,12-13,18H,8-11H2,1-3H3;1H.